The van der Waals surface area contributed by atoms with Crippen LogP contribution in [0, 0.1) is 0 Å². The van der Waals surface area contributed by atoms with Crippen molar-refractivity contribution in [2.75, 3.05) is 6.54 Å². The number of hydrogen-bond donors (Lipinski definition) is 1. The van der Waals surface area contributed by atoms with Crippen LogP contribution in [-0.2, 0) is 6.42 Å². The number of amides is 1. The van der Waals surface area contributed by atoms with Gasteiger partial charge >= 0.3 is 0 Å². The lowest BCUT2D eigenvalue weighted by Crippen LogP contribution is -2.40. The van der Waals surface area contributed by atoms with E-state index in [-0.39, 0.29) is 5.91 Å². The van der Waals surface area contributed by atoms with Gasteiger partial charge in [0.15, 0.2) is 0 Å². The maximum Gasteiger partial charge on any atom is 0.293 e. The Balaban J connectivity index is 2.10. The smallest absolute Gasteiger partial charge is 0.293 e. The van der Waals surface area contributed by atoms with Crippen molar-refractivity contribution in [1.29, 1.82) is 0 Å². The van der Waals surface area contributed by atoms with E-state index >= 15 is 0 Å². The van der Waals surface area contributed by atoms with Gasteiger partial charge in [-0.1, -0.05) is 26.7 Å². The zero-order valence-corrected chi connectivity index (χ0v) is 12.0. The summed E-state index contributed by atoms with van der Waals surface area (Å²) < 4.78 is 0. The number of rotatable bonds is 4. The van der Waals surface area contributed by atoms with Crippen LogP contribution in [0.4, 0.5) is 0 Å². The predicted octanol–water partition coefficient (Wildman–Crippen LogP) is 2.55. The van der Waals surface area contributed by atoms with E-state index in [1.165, 1.54) is 12.8 Å². The van der Waals surface area contributed by atoms with Crippen molar-refractivity contribution in [2.45, 2.75) is 64.8 Å². The normalized spacial score (nSPS) is 20.3. The molecule has 1 fully saturated rings. The molecule has 1 atom stereocenters. The SMILES string of the molecule is CCCc1nc(C(=O)N2CCCCCC2CC)n[nH]1. The van der Waals surface area contributed by atoms with E-state index < -0.39 is 0 Å². The molecule has 0 spiro atoms. The summed E-state index contributed by atoms with van der Waals surface area (Å²) in [6, 6.07) is 0.350. The lowest BCUT2D eigenvalue weighted by atomic mass is 10.1. The van der Waals surface area contributed by atoms with Crippen molar-refractivity contribution in [3.05, 3.63) is 11.6 Å². The molecule has 5 nitrogen and oxygen atoms in total. The molecule has 0 aliphatic carbocycles. The minimum Gasteiger partial charge on any atom is -0.333 e. The van der Waals surface area contributed by atoms with Crippen molar-refractivity contribution in [3.63, 3.8) is 0 Å². The lowest BCUT2D eigenvalue weighted by Gasteiger charge is -2.28. The Morgan fingerprint density at radius 1 is 1.37 bits per heavy atom. The molecule has 1 aliphatic rings. The number of nitrogens with zero attached hydrogens (tertiary/aromatic N) is 3. The third-order valence-electron chi connectivity index (χ3n) is 3.82. The minimum absolute atomic E-state index is 0.00708. The summed E-state index contributed by atoms with van der Waals surface area (Å²) >= 11 is 0. The average Bonchev–Trinajstić information content (AvgIpc) is 2.75. The second-order valence-corrected chi connectivity index (χ2v) is 5.27. The van der Waals surface area contributed by atoms with Crippen LogP contribution < -0.4 is 0 Å². The first-order valence-electron chi connectivity index (χ1n) is 7.48. The molecular formula is C14H24N4O. The second kappa shape index (κ2) is 6.68. The number of aryl methyl sites for hydroxylation is 1. The number of hydrogen-bond acceptors (Lipinski definition) is 3. The molecule has 1 aromatic rings. The maximum absolute atomic E-state index is 12.5. The Kier molecular flexibility index (Phi) is 4.93. The van der Waals surface area contributed by atoms with E-state index in [1.54, 1.807) is 0 Å². The quantitative estimate of drug-likeness (QED) is 0.909. The van der Waals surface area contributed by atoms with Gasteiger partial charge in [0, 0.05) is 19.0 Å². The topological polar surface area (TPSA) is 61.9 Å². The largest absolute Gasteiger partial charge is 0.333 e. The van der Waals surface area contributed by atoms with Gasteiger partial charge in [-0.2, -0.15) is 0 Å². The summed E-state index contributed by atoms with van der Waals surface area (Å²) in [6.07, 6.45) is 7.50. The van der Waals surface area contributed by atoms with E-state index in [0.717, 1.165) is 44.5 Å². The van der Waals surface area contributed by atoms with Gasteiger partial charge in [0.25, 0.3) is 5.91 Å². The third kappa shape index (κ3) is 3.33. The summed E-state index contributed by atoms with van der Waals surface area (Å²) in [4.78, 5) is 18.8. The van der Waals surface area contributed by atoms with Crippen LogP contribution in [0.5, 0.6) is 0 Å². The van der Waals surface area contributed by atoms with Crippen LogP contribution in [0.3, 0.4) is 0 Å². The van der Waals surface area contributed by atoms with Crippen LogP contribution in [0.25, 0.3) is 0 Å². The monoisotopic (exact) mass is 264 g/mol. The van der Waals surface area contributed by atoms with Crippen LogP contribution in [0.2, 0.25) is 0 Å². The van der Waals surface area contributed by atoms with E-state index in [2.05, 4.69) is 29.0 Å². The summed E-state index contributed by atoms with van der Waals surface area (Å²) in [5.74, 6) is 1.14. The highest BCUT2D eigenvalue weighted by Crippen LogP contribution is 2.20. The molecular weight excluding hydrogens is 240 g/mol. The van der Waals surface area contributed by atoms with Gasteiger partial charge in [0.2, 0.25) is 5.82 Å². The molecule has 2 rings (SSSR count). The van der Waals surface area contributed by atoms with Gasteiger partial charge in [-0.05, 0) is 25.7 Å². The molecule has 0 radical (unpaired) electrons. The van der Waals surface area contributed by atoms with Crippen molar-refractivity contribution >= 4 is 5.91 Å². The first kappa shape index (κ1) is 14.0. The molecule has 1 aromatic heterocycles. The van der Waals surface area contributed by atoms with Crippen molar-refractivity contribution in [1.82, 2.24) is 20.1 Å². The fraction of sp³-hybridized carbons (Fsp3) is 0.786. The Labute approximate surface area is 114 Å². The van der Waals surface area contributed by atoms with E-state index in [4.69, 9.17) is 0 Å². The number of carbonyl (C=O) groups is 1. The van der Waals surface area contributed by atoms with Crippen LogP contribution in [-0.4, -0.2) is 38.6 Å². The first-order chi connectivity index (χ1) is 9.26. The molecule has 0 aromatic carbocycles. The second-order valence-electron chi connectivity index (χ2n) is 5.27. The predicted molar refractivity (Wildman–Crippen MR) is 74.0 cm³/mol. The van der Waals surface area contributed by atoms with Gasteiger partial charge < -0.3 is 4.90 Å². The van der Waals surface area contributed by atoms with Crippen molar-refractivity contribution in [3.8, 4) is 0 Å². The molecule has 5 heteroatoms. The average molecular weight is 264 g/mol. The maximum atomic E-state index is 12.5. The summed E-state index contributed by atoms with van der Waals surface area (Å²) in [5.41, 5.74) is 0. The number of aromatic amines is 1. The standard InChI is InChI=1S/C14H24N4O/c1-3-8-12-15-13(17-16-12)14(19)18-10-7-5-6-9-11(18)4-2/h11H,3-10H2,1-2H3,(H,15,16,17). The number of aromatic nitrogens is 3. The highest BCUT2D eigenvalue weighted by atomic mass is 16.2. The van der Waals surface area contributed by atoms with Gasteiger partial charge in [0.1, 0.15) is 5.82 Å². The molecule has 106 valence electrons. The number of carbonyl (C=O) groups excluding carboxylic acids is 1. The molecule has 19 heavy (non-hydrogen) atoms. The number of nitrogens with one attached hydrogen (secondary N) is 1. The fourth-order valence-corrected chi connectivity index (χ4v) is 2.74. The molecule has 1 amide bonds. The molecule has 0 saturated carbocycles. The van der Waals surface area contributed by atoms with Crippen molar-refractivity contribution < 1.29 is 4.79 Å². The van der Waals surface area contributed by atoms with E-state index in [1.807, 2.05) is 4.90 Å². The van der Waals surface area contributed by atoms with Gasteiger partial charge in [-0.15, -0.1) is 5.10 Å². The van der Waals surface area contributed by atoms with Crippen LogP contribution >= 0.6 is 0 Å². The highest BCUT2D eigenvalue weighted by Gasteiger charge is 2.27. The summed E-state index contributed by atoms with van der Waals surface area (Å²) in [6.45, 7) is 5.08. The fourth-order valence-electron chi connectivity index (χ4n) is 2.74. The molecule has 1 aliphatic heterocycles. The lowest BCUT2D eigenvalue weighted by molar-refractivity contribution is 0.0666. The molecule has 1 unspecified atom stereocenters. The minimum atomic E-state index is -0.00708. The summed E-state index contributed by atoms with van der Waals surface area (Å²) in [7, 11) is 0. The third-order valence-corrected chi connectivity index (χ3v) is 3.82. The zero-order chi connectivity index (χ0) is 13.7. The van der Waals surface area contributed by atoms with Gasteiger partial charge in [0.05, 0.1) is 0 Å². The molecule has 1 N–H and O–H groups in total. The van der Waals surface area contributed by atoms with Crippen LogP contribution in [0.1, 0.15) is 68.8 Å². The Bertz CT molecular complexity index is 415. The van der Waals surface area contributed by atoms with E-state index in [9.17, 15) is 4.79 Å². The van der Waals surface area contributed by atoms with Crippen LogP contribution in [0.15, 0.2) is 0 Å². The number of H-pyrrole nitrogens is 1. The van der Waals surface area contributed by atoms with E-state index in [0.29, 0.717) is 11.9 Å². The van der Waals surface area contributed by atoms with Gasteiger partial charge in [-0.25, -0.2) is 4.98 Å². The Morgan fingerprint density at radius 3 is 2.95 bits per heavy atom. The van der Waals surface area contributed by atoms with Crippen molar-refractivity contribution in [2.24, 2.45) is 0 Å². The first-order valence-corrected chi connectivity index (χ1v) is 7.48. The molecule has 0 bridgehead atoms. The number of likely N-dealkylation sites (tertiary alicyclic amines) is 1. The summed E-state index contributed by atoms with van der Waals surface area (Å²) in [5, 5.41) is 6.95. The molecule has 2 heterocycles. The molecule has 1 saturated heterocycles. The Morgan fingerprint density at radius 2 is 2.21 bits per heavy atom. The Hall–Kier alpha value is -1.39. The van der Waals surface area contributed by atoms with Gasteiger partial charge in [-0.3, -0.25) is 9.89 Å². The highest BCUT2D eigenvalue weighted by molar-refractivity contribution is 5.90. The zero-order valence-electron chi connectivity index (χ0n) is 12.0.